The Morgan fingerprint density at radius 3 is 2.55 bits per heavy atom. The quantitative estimate of drug-likeness (QED) is 0.632. The van der Waals surface area contributed by atoms with E-state index in [1.165, 1.54) is 29.8 Å². The molecular formula is C16H19Br2NS. The molecule has 1 aromatic heterocycles. The van der Waals surface area contributed by atoms with Gasteiger partial charge < -0.3 is 5.32 Å². The molecule has 2 rings (SSSR count). The Labute approximate surface area is 142 Å². The molecule has 0 fully saturated rings. The van der Waals surface area contributed by atoms with Crippen molar-refractivity contribution in [2.24, 2.45) is 0 Å². The standard InChI is InChI=1S/C16H19Br2NS/c1-4-8-19-16(13-9-14(17)20-11(13)3)12-7-5-6-10(2)15(12)18/h5-7,9,16,19H,4,8H2,1-3H3. The monoisotopic (exact) mass is 415 g/mol. The zero-order valence-corrected chi connectivity index (χ0v) is 16.0. The molecule has 1 aromatic carbocycles. The van der Waals surface area contributed by atoms with Crippen LogP contribution in [-0.2, 0) is 0 Å². The minimum Gasteiger partial charge on any atom is -0.306 e. The van der Waals surface area contributed by atoms with Gasteiger partial charge in [-0.2, -0.15) is 0 Å². The maximum Gasteiger partial charge on any atom is 0.0704 e. The summed E-state index contributed by atoms with van der Waals surface area (Å²) in [5.74, 6) is 0. The molecule has 0 saturated heterocycles. The third-order valence-electron chi connectivity index (χ3n) is 3.37. The van der Waals surface area contributed by atoms with E-state index in [2.05, 4.69) is 82.2 Å². The molecule has 108 valence electrons. The smallest absolute Gasteiger partial charge is 0.0704 e. The average molecular weight is 417 g/mol. The molecule has 0 bridgehead atoms. The average Bonchev–Trinajstić information content (AvgIpc) is 2.74. The van der Waals surface area contributed by atoms with Crippen molar-refractivity contribution in [1.82, 2.24) is 5.32 Å². The van der Waals surface area contributed by atoms with Crippen LogP contribution in [0, 0.1) is 13.8 Å². The molecule has 1 heterocycles. The van der Waals surface area contributed by atoms with Crippen LogP contribution in [0.25, 0.3) is 0 Å². The van der Waals surface area contributed by atoms with Crippen molar-refractivity contribution < 1.29 is 0 Å². The van der Waals surface area contributed by atoms with Crippen molar-refractivity contribution >= 4 is 43.2 Å². The lowest BCUT2D eigenvalue weighted by Gasteiger charge is -2.21. The normalized spacial score (nSPS) is 12.7. The first-order valence-corrected chi connectivity index (χ1v) is 9.19. The second kappa shape index (κ2) is 7.21. The summed E-state index contributed by atoms with van der Waals surface area (Å²) in [6, 6.07) is 8.96. The Kier molecular flexibility index (Phi) is 5.84. The Hall–Kier alpha value is -0.160. The van der Waals surface area contributed by atoms with Crippen molar-refractivity contribution in [3.63, 3.8) is 0 Å². The Morgan fingerprint density at radius 1 is 1.20 bits per heavy atom. The van der Waals surface area contributed by atoms with Crippen LogP contribution in [-0.4, -0.2) is 6.54 Å². The maximum absolute atomic E-state index is 3.75. The summed E-state index contributed by atoms with van der Waals surface area (Å²) in [5.41, 5.74) is 3.95. The molecule has 0 amide bonds. The van der Waals surface area contributed by atoms with E-state index in [1.807, 2.05) is 0 Å². The predicted octanol–water partition coefficient (Wildman–Crippen LogP) is 5.98. The van der Waals surface area contributed by atoms with E-state index >= 15 is 0 Å². The maximum atomic E-state index is 3.75. The fourth-order valence-electron chi connectivity index (χ4n) is 2.31. The zero-order chi connectivity index (χ0) is 14.7. The first kappa shape index (κ1) is 16.2. The van der Waals surface area contributed by atoms with Gasteiger partial charge in [0.15, 0.2) is 0 Å². The van der Waals surface area contributed by atoms with Crippen molar-refractivity contribution in [2.45, 2.75) is 33.2 Å². The van der Waals surface area contributed by atoms with Gasteiger partial charge in [0, 0.05) is 9.35 Å². The minimum absolute atomic E-state index is 0.242. The summed E-state index contributed by atoms with van der Waals surface area (Å²) in [6.45, 7) is 7.54. The first-order valence-electron chi connectivity index (χ1n) is 6.78. The molecule has 0 saturated carbocycles. The van der Waals surface area contributed by atoms with Crippen LogP contribution in [0.4, 0.5) is 0 Å². The van der Waals surface area contributed by atoms with Gasteiger partial charge in [-0.05, 0) is 65.5 Å². The summed E-state index contributed by atoms with van der Waals surface area (Å²) in [5, 5.41) is 3.68. The van der Waals surface area contributed by atoms with Gasteiger partial charge in [-0.3, -0.25) is 0 Å². The van der Waals surface area contributed by atoms with Crippen LogP contribution in [0.1, 0.15) is 41.0 Å². The van der Waals surface area contributed by atoms with E-state index in [0.29, 0.717) is 0 Å². The fourth-order valence-corrected chi connectivity index (χ4v) is 4.56. The lowest BCUT2D eigenvalue weighted by molar-refractivity contribution is 0.596. The van der Waals surface area contributed by atoms with Crippen LogP contribution < -0.4 is 5.32 Å². The highest BCUT2D eigenvalue weighted by Crippen LogP contribution is 2.37. The van der Waals surface area contributed by atoms with E-state index in [4.69, 9.17) is 0 Å². The molecule has 1 nitrogen and oxygen atoms in total. The molecule has 0 radical (unpaired) electrons. The molecule has 20 heavy (non-hydrogen) atoms. The summed E-state index contributed by atoms with van der Waals surface area (Å²) >= 11 is 9.15. The fraction of sp³-hybridized carbons (Fsp3) is 0.375. The molecular weight excluding hydrogens is 398 g/mol. The number of nitrogens with one attached hydrogen (secondary N) is 1. The highest BCUT2D eigenvalue weighted by molar-refractivity contribution is 9.11. The predicted molar refractivity (Wildman–Crippen MR) is 95.8 cm³/mol. The number of aryl methyl sites for hydroxylation is 2. The zero-order valence-electron chi connectivity index (χ0n) is 12.0. The van der Waals surface area contributed by atoms with Gasteiger partial charge in [-0.25, -0.2) is 0 Å². The van der Waals surface area contributed by atoms with Gasteiger partial charge in [0.2, 0.25) is 0 Å². The van der Waals surface area contributed by atoms with Gasteiger partial charge >= 0.3 is 0 Å². The molecule has 2 aromatic rings. The topological polar surface area (TPSA) is 12.0 Å². The van der Waals surface area contributed by atoms with Gasteiger partial charge in [0.1, 0.15) is 0 Å². The molecule has 0 aliphatic carbocycles. The molecule has 4 heteroatoms. The highest BCUT2D eigenvalue weighted by atomic mass is 79.9. The van der Waals surface area contributed by atoms with Crippen LogP contribution in [0.2, 0.25) is 0 Å². The number of hydrogen-bond acceptors (Lipinski definition) is 2. The second-order valence-electron chi connectivity index (χ2n) is 4.93. The third kappa shape index (κ3) is 3.53. The number of benzene rings is 1. The van der Waals surface area contributed by atoms with Crippen LogP contribution >= 0.6 is 43.2 Å². The first-order chi connectivity index (χ1) is 9.54. The lowest BCUT2D eigenvalue weighted by atomic mass is 9.98. The summed E-state index contributed by atoms with van der Waals surface area (Å²) < 4.78 is 2.40. The largest absolute Gasteiger partial charge is 0.306 e. The molecule has 0 spiro atoms. The Bertz CT molecular complexity index is 592. The van der Waals surface area contributed by atoms with Gasteiger partial charge in [-0.15, -0.1) is 11.3 Å². The SMILES string of the molecule is CCCNC(c1cc(Br)sc1C)c1cccc(C)c1Br. The van der Waals surface area contributed by atoms with Gasteiger partial charge in [0.05, 0.1) is 9.83 Å². The highest BCUT2D eigenvalue weighted by Gasteiger charge is 2.20. The minimum atomic E-state index is 0.242. The summed E-state index contributed by atoms with van der Waals surface area (Å²) in [7, 11) is 0. The Morgan fingerprint density at radius 2 is 1.95 bits per heavy atom. The Balaban J connectivity index is 2.47. The molecule has 1 N–H and O–H groups in total. The van der Waals surface area contributed by atoms with E-state index in [-0.39, 0.29) is 6.04 Å². The third-order valence-corrected chi connectivity index (χ3v) is 6.02. The van der Waals surface area contributed by atoms with Crippen molar-refractivity contribution in [3.05, 3.63) is 54.1 Å². The van der Waals surface area contributed by atoms with Crippen LogP contribution in [0.3, 0.4) is 0 Å². The van der Waals surface area contributed by atoms with E-state index < -0.39 is 0 Å². The number of thiophene rings is 1. The molecule has 1 unspecified atom stereocenters. The van der Waals surface area contributed by atoms with Crippen LogP contribution in [0.5, 0.6) is 0 Å². The molecule has 1 atom stereocenters. The lowest BCUT2D eigenvalue weighted by Crippen LogP contribution is -2.23. The van der Waals surface area contributed by atoms with Crippen molar-refractivity contribution in [1.29, 1.82) is 0 Å². The second-order valence-corrected chi connectivity index (χ2v) is 8.36. The number of rotatable bonds is 5. The summed E-state index contributed by atoms with van der Waals surface area (Å²) in [4.78, 5) is 1.36. The van der Waals surface area contributed by atoms with E-state index in [1.54, 1.807) is 11.3 Å². The number of hydrogen-bond donors (Lipinski definition) is 1. The van der Waals surface area contributed by atoms with Crippen molar-refractivity contribution in [2.75, 3.05) is 6.54 Å². The van der Waals surface area contributed by atoms with Gasteiger partial charge in [0.25, 0.3) is 0 Å². The van der Waals surface area contributed by atoms with Crippen molar-refractivity contribution in [3.8, 4) is 0 Å². The van der Waals surface area contributed by atoms with E-state index in [9.17, 15) is 0 Å². The number of halogens is 2. The molecule has 0 aliphatic heterocycles. The van der Waals surface area contributed by atoms with Gasteiger partial charge in [-0.1, -0.05) is 41.1 Å². The summed E-state index contributed by atoms with van der Waals surface area (Å²) in [6.07, 6.45) is 1.13. The van der Waals surface area contributed by atoms with Crippen LogP contribution in [0.15, 0.2) is 32.5 Å². The van der Waals surface area contributed by atoms with E-state index in [0.717, 1.165) is 13.0 Å². The molecule has 0 aliphatic rings.